The quantitative estimate of drug-likeness (QED) is 0.524. The number of thioether (sulfide) groups is 1. The lowest BCUT2D eigenvalue weighted by molar-refractivity contribution is -0.385. The van der Waals surface area contributed by atoms with Crippen molar-refractivity contribution in [2.24, 2.45) is 0 Å². The van der Waals surface area contributed by atoms with E-state index in [2.05, 4.69) is 15.9 Å². The van der Waals surface area contributed by atoms with Crippen molar-refractivity contribution in [2.75, 3.05) is 19.4 Å². The molecule has 3 rings (SSSR count). The number of methoxy groups -OCH3 is 1. The summed E-state index contributed by atoms with van der Waals surface area (Å²) in [5.41, 5.74) is -0.550. The van der Waals surface area contributed by atoms with Crippen molar-refractivity contribution in [3.05, 3.63) is 67.7 Å². The van der Waals surface area contributed by atoms with Crippen LogP contribution in [-0.2, 0) is 0 Å². The Morgan fingerprint density at radius 3 is 2.71 bits per heavy atom. The molecule has 1 N–H and O–H groups in total. The Kier molecular flexibility index (Phi) is 5.90. The van der Waals surface area contributed by atoms with Crippen molar-refractivity contribution in [1.82, 2.24) is 4.90 Å². The van der Waals surface area contributed by atoms with Gasteiger partial charge in [0.2, 0.25) is 0 Å². The molecule has 2 aromatic carbocycles. The number of carboxylic acid groups (broad SMARTS) is 1. The highest BCUT2D eigenvalue weighted by atomic mass is 79.9. The zero-order chi connectivity index (χ0) is 20.4. The number of ether oxygens (including phenoxy) is 1. The fraction of sp³-hybridized carbons (Fsp3) is 0.222. The van der Waals surface area contributed by atoms with Gasteiger partial charge in [0.15, 0.2) is 0 Å². The Labute approximate surface area is 172 Å². The fourth-order valence-corrected chi connectivity index (χ4v) is 4.84. The maximum Gasteiger partial charge on any atom is 0.343 e. The fourth-order valence-electron chi connectivity index (χ4n) is 3.04. The summed E-state index contributed by atoms with van der Waals surface area (Å²) < 4.78 is 5.95. The zero-order valence-corrected chi connectivity index (χ0v) is 17.0. The number of nitro groups is 1. The van der Waals surface area contributed by atoms with Crippen LogP contribution in [0.5, 0.6) is 5.75 Å². The molecule has 1 amide bonds. The van der Waals surface area contributed by atoms with Crippen LogP contribution in [0.25, 0.3) is 0 Å². The van der Waals surface area contributed by atoms with Crippen LogP contribution in [0.4, 0.5) is 5.69 Å². The topological polar surface area (TPSA) is 110 Å². The Hall–Kier alpha value is -2.59. The number of hydrogen-bond donors (Lipinski definition) is 1. The van der Waals surface area contributed by atoms with Crippen molar-refractivity contribution >= 4 is 45.3 Å². The standard InChI is InChI=1S/C18H15BrN2O6S/c1-27-14-6-5-10(9-12(14)19)17-20(7-8-28-17)16(22)11-3-2-4-13(21(25)26)15(11)18(23)24/h2-6,9,17H,7-8H2,1H3,(H,23,24)/t17-/m0/s1. The van der Waals surface area contributed by atoms with Crippen molar-refractivity contribution in [2.45, 2.75) is 5.37 Å². The van der Waals surface area contributed by atoms with Gasteiger partial charge in [-0.2, -0.15) is 0 Å². The second-order valence-corrected chi connectivity index (χ2v) is 7.92. The lowest BCUT2D eigenvalue weighted by atomic mass is 10.0. The van der Waals surface area contributed by atoms with Gasteiger partial charge in [0.25, 0.3) is 11.6 Å². The monoisotopic (exact) mass is 466 g/mol. The molecule has 1 heterocycles. The molecule has 0 aromatic heterocycles. The SMILES string of the molecule is COc1ccc([C@@H]2SCCN2C(=O)c2cccc([N+](=O)[O-])c2C(=O)O)cc1Br. The van der Waals surface area contributed by atoms with E-state index in [-0.39, 0.29) is 10.9 Å². The summed E-state index contributed by atoms with van der Waals surface area (Å²) in [4.78, 5) is 36.7. The first-order valence-corrected chi connectivity index (χ1v) is 9.96. The third kappa shape index (κ3) is 3.69. The molecule has 1 aliphatic heterocycles. The van der Waals surface area contributed by atoms with Gasteiger partial charge < -0.3 is 14.7 Å². The highest BCUT2D eigenvalue weighted by Crippen LogP contribution is 2.41. The average molecular weight is 467 g/mol. The van der Waals surface area contributed by atoms with Gasteiger partial charge in [-0.25, -0.2) is 4.79 Å². The Morgan fingerprint density at radius 1 is 1.36 bits per heavy atom. The summed E-state index contributed by atoms with van der Waals surface area (Å²) in [6.07, 6.45) is 0. The largest absolute Gasteiger partial charge is 0.496 e. The number of aromatic carboxylic acids is 1. The summed E-state index contributed by atoms with van der Waals surface area (Å²) >= 11 is 4.96. The number of carbonyl (C=O) groups is 2. The number of nitro benzene ring substituents is 1. The second-order valence-electron chi connectivity index (χ2n) is 5.88. The number of carboxylic acids is 1. The van der Waals surface area contributed by atoms with Crippen molar-refractivity contribution in [1.29, 1.82) is 0 Å². The molecule has 28 heavy (non-hydrogen) atoms. The third-order valence-corrected chi connectivity index (χ3v) is 6.18. The highest BCUT2D eigenvalue weighted by molar-refractivity contribution is 9.10. The smallest absolute Gasteiger partial charge is 0.343 e. The van der Waals surface area contributed by atoms with E-state index in [0.29, 0.717) is 18.0 Å². The Balaban J connectivity index is 2.00. The van der Waals surface area contributed by atoms with Crippen LogP contribution in [0.3, 0.4) is 0 Å². The maximum absolute atomic E-state index is 13.1. The molecular weight excluding hydrogens is 452 g/mol. The van der Waals surface area contributed by atoms with Gasteiger partial charge in [-0.3, -0.25) is 14.9 Å². The molecule has 1 saturated heterocycles. The molecule has 8 nitrogen and oxygen atoms in total. The van der Waals surface area contributed by atoms with E-state index < -0.39 is 28.1 Å². The number of halogens is 1. The maximum atomic E-state index is 13.1. The highest BCUT2D eigenvalue weighted by Gasteiger charge is 2.35. The summed E-state index contributed by atoms with van der Waals surface area (Å²) in [5, 5.41) is 20.3. The molecule has 0 radical (unpaired) electrons. The van der Waals surface area contributed by atoms with E-state index in [1.165, 1.54) is 28.8 Å². The van der Waals surface area contributed by atoms with E-state index in [1.54, 1.807) is 13.2 Å². The Morgan fingerprint density at radius 2 is 2.11 bits per heavy atom. The molecule has 1 atom stereocenters. The lowest BCUT2D eigenvalue weighted by Gasteiger charge is -2.25. The Bertz CT molecular complexity index is 967. The summed E-state index contributed by atoms with van der Waals surface area (Å²) in [7, 11) is 1.55. The van der Waals surface area contributed by atoms with E-state index >= 15 is 0 Å². The molecule has 146 valence electrons. The van der Waals surface area contributed by atoms with Crippen molar-refractivity contribution in [3.8, 4) is 5.75 Å². The molecular formula is C18H15BrN2O6S. The van der Waals surface area contributed by atoms with Crippen LogP contribution < -0.4 is 4.74 Å². The van der Waals surface area contributed by atoms with Gasteiger partial charge in [-0.05, 0) is 39.7 Å². The number of rotatable bonds is 5. The van der Waals surface area contributed by atoms with Gasteiger partial charge in [0.1, 0.15) is 16.7 Å². The van der Waals surface area contributed by atoms with E-state index in [1.807, 2.05) is 12.1 Å². The molecule has 0 unspecified atom stereocenters. The van der Waals surface area contributed by atoms with Gasteiger partial charge >= 0.3 is 5.97 Å². The molecule has 0 saturated carbocycles. The first kappa shape index (κ1) is 20.2. The van der Waals surface area contributed by atoms with Gasteiger partial charge in [0, 0.05) is 18.4 Å². The number of carbonyl (C=O) groups excluding carboxylic acids is 1. The third-order valence-electron chi connectivity index (χ3n) is 4.30. The summed E-state index contributed by atoms with van der Waals surface area (Å²) in [6, 6.07) is 9.16. The van der Waals surface area contributed by atoms with Crippen LogP contribution in [-0.4, -0.2) is 46.2 Å². The summed E-state index contributed by atoms with van der Waals surface area (Å²) in [6.45, 7) is 0.402. The van der Waals surface area contributed by atoms with E-state index in [0.717, 1.165) is 16.1 Å². The molecule has 0 aliphatic carbocycles. The zero-order valence-electron chi connectivity index (χ0n) is 14.6. The molecule has 1 fully saturated rings. The second kappa shape index (κ2) is 8.19. The van der Waals surface area contributed by atoms with Crippen LogP contribution in [0.1, 0.15) is 31.7 Å². The number of hydrogen-bond acceptors (Lipinski definition) is 6. The predicted molar refractivity (Wildman–Crippen MR) is 107 cm³/mol. The van der Waals surface area contributed by atoms with Crippen LogP contribution in [0.2, 0.25) is 0 Å². The number of nitrogens with zero attached hydrogens (tertiary/aromatic N) is 2. The lowest BCUT2D eigenvalue weighted by Crippen LogP contribution is -2.31. The minimum absolute atomic E-state index is 0.193. The molecule has 0 bridgehead atoms. The first-order valence-electron chi connectivity index (χ1n) is 8.12. The van der Waals surface area contributed by atoms with Gasteiger partial charge in [-0.15, -0.1) is 11.8 Å². The van der Waals surface area contributed by atoms with Crippen molar-refractivity contribution in [3.63, 3.8) is 0 Å². The predicted octanol–water partition coefficient (Wildman–Crippen LogP) is 3.95. The molecule has 0 spiro atoms. The van der Waals surface area contributed by atoms with E-state index in [4.69, 9.17) is 4.74 Å². The van der Waals surface area contributed by atoms with Gasteiger partial charge in [0.05, 0.1) is 22.1 Å². The molecule has 10 heteroatoms. The first-order chi connectivity index (χ1) is 13.3. The molecule has 2 aromatic rings. The number of amides is 1. The van der Waals surface area contributed by atoms with Crippen LogP contribution >= 0.6 is 27.7 Å². The average Bonchev–Trinajstić information content (AvgIpc) is 3.16. The summed E-state index contributed by atoms with van der Waals surface area (Å²) in [5.74, 6) is -0.747. The number of benzene rings is 2. The van der Waals surface area contributed by atoms with Crippen LogP contribution in [0, 0.1) is 10.1 Å². The van der Waals surface area contributed by atoms with E-state index in [9.17, 15) is 24.8 Å². The minimum Gasteiger partial charge on any atom is -0.496 e. The molecule has 1 aliphatic rings. The van der Waals surface area contributed by atoms with Gasteiger partial charge in [-0.1, -0.05) is 12.1 Å². The van der Waals surface area contributed by atoms with Crippen LogP contribution in [0.15, 0.2) is 40.9 Å². The normalized spacial score (nSPS) is 16.1. The van der Waals surface area contributed by atoms with Crippen molar-refractivity contribution < 1.29 is 24.4 Å². The minimum atomic E-state index is -1.51.